The third kappa shape index (κ3) is 42.8. The molecule has 0 radical (unpaired) electrons. The van der Waals surface area contributed by atoms with Gasteiger partial charge in [-0.3, -0.25) is 0 Å². The van der Waals surface area contributed by atoms with Crippen LogP contribution in [-0.4, -0.2) is 34.5 Å². The number of unbranched alkanes of at least 4 members (excludes halogenated alkanes) is 33. The van der Waals surface area contributed by atoms with E-state index in [0.717, 1.165) is 38.5 Å². The average Bonchev–Trinajstić information content (AvgIpc) is 3.17. The van der Waals surface area contributed by atoms with Crippen molar-refractivity contribution in [2.75, 3.05) is 13.2 Å². The Morgan fingerprint density at radius 1 is 0.296 bits per heavy atom. The van der Waals surface area contributed by atoms with Gasteiger partial charge in [0.25, 0.3) is 0 Å². The first-order valence-corrected chi connectivity index (χ1v) is 25.3. The molecule has 0 amide bonds. The topological polar surface area (TPSA) is 27.7 Å². The second-order valence-corrected chi connectivity index (χ2v) is 17.8. The van der Waals surface area contributed by atoms with E-state index in [0.29, 0.717) is 28.4 Å². The first-order valence-electron chi connectivity index (χ1n) is 24.0. The SMILES string of the molecule is CCCCCCCCCCCCCCC(=S)OCC(COC(=S)CCCCCCCCCCCCCC)OC(=S)CCCCCCCCCCCCCC. The van der Waals surface area contributed by atoms with Crippen molar-refractivity contribution in [3.05, 3.63) is 0 Å². The number of ether oxygens (including phenoxy) is 3. The summed E-state index contributed by atoms with van der Waals surface area (Å²) in [5.74, 6) is 0. The number of thiocarbonyl (C=S) groups is 3. The van der Waals surface area contributed by atoms with E-state index in [1.54, 1.807) is 0 Å². The molecule has 54 heavy (non-hydrogen) atoms. The minimum Gasteiger partial charge on any atom is -0.483 e. The Labute approximate surface area is 354 Å². The lowest BCUT2D eigenvalue weighted by Gasteiger charge is -2.21. The lowest BCUT2D eigenvalue weighted by atomic mass is 10.0. The van der Waals surface area contributed by atoms with Gasteiger partial charge in [-0.05, 0) is 55.9 Å². The quantitative estimate of drug-likeness (QED) is 0.0449. The van der Waals surface area contributed by atoms with E-state index in [1.807, 2.05) is 0 Å². The monoisotopic (exact) mass is 813 g/mol. The number of rotatable bonds is 44. The highest BCUT2D eigenvalue weighted by atomic mass is 32.1. The first-order chi connectivity index (χ1) is 26.5. The van der Waals surface area contributed by atoms with Crippen LogP contribution in [0.25, 0.3) is 0 Å². The maximum atomic E-state index is 6.25. The predicted molar refractivity (Wildman–Crippen MR) is 252 cm³/mol. The van der Waals surface area contributed by atoms with Gasteiger partial charge >= 0.3 is 0 Å². The van der Waals surface area contributed by atoms with Gasteiger partial charge in [0.2, 0.25) is 0 Å². The molecule has 0 aliphatic rings. The second-order valence-electron chi connectivity index (χ2n) is 16.4. The van der Waals surface area contributed by atoms with Gasteiger partial charge < -0.3 is 14.2 Å². The zero-order valence-electron chi connectivity index (χ0n) is 36.5. The highest BCUT2D eigenvalue weighted by molar-refractivity contribution is 7.80. The molecule has 0 fully saturated rings. The van der Waals surface area contributed by atoms with Gasteiger partial charge in [-0.2, -0.15) is 0 Å². The van der Waals surface area contributed by atoms with E-state index in [-0.39, 0.29) is 6.10 Å². The maximum absolute atomic E-state index is 6.25. The van der Waals surface area contributed by atoms with Crippen molar-refractivity contribution in [1.29, 1.82) is 0 Å². The molecule has 3 nitrogen and oxygen atoms in total. The van der Waals surface area contributed by atoms with E-state index < -0.39 is 0 Å². The lowest BCUT2D eigenvalue weighted by Crippen LogP contribution is -2.30. The normalized spacial score (nSPS) is 11.3. The summed E-state index contributed by atoms with van der Waals surface area (Å²) in [4.78, 5) is 0. The van der Waals surface area contributed by atoms with Gasteiger partial charge in [0, 0.05) is 19.3 Å². The molecule has 0 aliphatic carbocycles. The zero-order chi connectivity index (χ0) is 39.4. The second kappa shape index (κ2) is 45.4. The van der Waals surface area contributed by atoms with Gasteiger partial charge in [-0.1, -0.05) is 233 Å². The molecule has 0 heterocycles. The zero-order valence-corrected chi connectivity index (χ0v) is 39.0. The van der Waals surface area contributed by atoms with E-state index in [2.05, 4.69) is 20.8 Å². The molecule has 0 bridgehead atoms. The minimum absolute atomic E-state index is 0.283. The standard InChI is InChI=1S/C48H92O3S3/c1-4-7-10-13-16-19-22-25-28-31-34-37-40-46(52)49-43-45(51-48(54)42-39-36-33-30-27-24-21-18-15-12-9-6-3)44-50-47(53)41-38-35-32-29-26-23-20-17-14-11-8-5-2/h45H,4-44H2,1-3H3. The Hall–Kier alpha value is -0.330. The van der Waals surface area contributed by atoms with Crippen molar-refractivity contribution >= 4 is 51.8 Å². The first kappa shape index (κ1) is 53.7. The fourth-order valence-electron chi connectivity index (χ4n) is 7.21. The number of hydrogen-bond donors (Lipinski definition) is 0. The van der Waals surface area contributed by atoms with E-state index in [9.17, 15) is 0 Å². The smallest absolute Gasteiger partial charge is 0.167 e. The highest BCUT2D eigenvalue weighted by Crippen LogP contribution is 2.17. The summed E-state index contributed by atoms with van der Waals surface area (Å²) in [6.45, 7) is 7.60. The van der Waals surface area contributed by atoms with Crippen LogP contribution in [0.1, 0.15) is 271 Å². The van der Waals surface area contributed by atoms with Crippen LogP contribution >= 0.6 is 36.7 Å². The minimum atomic E-state index is -0.283. The van der Waals surface area contributed by atoms with E-state index >= 15 is 0 Å². The molecule has 0 unspecified atom stereocenters. The fourth-order valence-corrected chi connectivity index (χ4v) is 7.91. The molecule has 0 rings (SSSR count). The predicted octanol–water partition coefficient (Wildman–Crippen LogP) is 17.7. The van der Waals surface area contributed by atoms with Crippen molar-refractivity contribution in [1.82, 2.24) is 0 Å². The van der Waals surface area contributed by atoms with E-state index in [4.69, 9.17) is 50.9 Å². The van der Waals surface area contributed by atoms with Crippen LogP contribution in [0.2, 0.25) is 0 Å². The highest BCUT2D eigenvalue weighted by Gasteiger charge is 2.16. The van der Waals surface area contributed by atoms with Gasteiger partial charge in [0.15, 0.2) is 21.3 Å². The van der Waals surface area contributed by atoms with Crippen LogP contribution < -0.4 is 0 Å². The molecule has 0 aliphatic heterocycles. The molecular formula is C48H92O3S3. The van der Waals surface area contributed by atoms with Crippen LogP contribution in [0, 0.1) is 0 Å². The largest absolute Gasteiger partial charge is 0.483 e. The Morgan fingerprint density at radius 3 is 0.741 bits per heavy atom. The summed E-state index contributed by atoms with van der Waals surface area (Å²) in [6, 6.07) is 0. The Balaban J connectivity index is 4.32. The maximum Gasteiger partial charge on any atom is 0.167 e. The Morgan fingerprint density at radius 2 is 0.500 bits per heavy atom. The summed E-state index contributed by atoms with van der Waals surface area (Å²) in [5, 5.41) is 2.03. The molecule has 0 aromatic heterocycles. The van der Waals surface area contributed by atoms with Gasteiger partial charge in [0.1, 0.15) is 13.2 Å². The van der Waals surface area contributed by atoms with Crippen molar-refractivity contribution in [3.63, 3.8) is 0 Å². The number of hydrogen-bond acceptors (Lipinski definition) is 6. The van der Waals surface area contributed by atoms with Gasteiger partial charge in [0.05, 0.1) is 0 Å². The van der Waals surface area contributed by atoms with Crippen LogP contribution in [0.5, 0.6) is 0 Å². The summed E-state index contributed by atoms with van der Waals surface area (Å²) in [7, 11) is 0. The van der Waals surface area contributed by atoms with Gasteiger partial charge in [-0.15, -0.1) is 0 Å². The Bertz CT molecular complexity index is 760. The molecule has 0 aromatic rings. The van der Waals surface area contributed by atoms with Crippen LogP contribution in [0.15, 0.2) is 0 Å². The average molecular weight is 813 g/mol. The molecule has 0 saturated heterocycles. The summed E-state index contributed by atoms with van der Waals surface area (Å²) in [6.07, 6.45) is 50.4. The van der Waals surface area contributed by atoms with Crippen molar-refractivity contribution in [2.45, 2.75) is 277 Å². The van der Waals surface area contributed by atoms with Crippen LogP contribution in [0.4, 0.5) is 0 Å². The van der Waals surface area contributed by atoms with Crippen molar-refractivity contribution < 1.29 is 14.2 Å². The van der Waals surface area contributed by atoms with E-state index in [1.165, 1.54) is 212 Å². The molecule has 0 atom stereocenters. The molecule has 320 valence electrons. The summed E-state index contributed by atoms with van der Waals surface area (Å²) >= 11 is 16.9. The molecule has 6 heteroatoms. The third-order valence-corrected chi connectivity index (χ3v) is 11.8. The van der Waals surface area contributed by atoms with Crippen LogP contribution in [0.3, 0.4) is 0 Å². The van der Waals surface area contributed by atoms with Crippen molar-refractivity contribution in [3.8, 4) is 0 Å². The molecular weight excluding hydrogens is 721 g/mol. The summed E-state index contributed by atoms with van der Waals surface area (Å²) in [5.41, 5.74) is 0. The molecule has 0 N–H and O–H groups in total. The molecule has 0 saturated carbocycles. The van der Waals surface area contributed by atoms with Crippen molar-refractivity contribution in [2.24, 2.45) is 0 Å². The molecule has 0 spiro atoms. The Kier molecular flexibility index (Phi) is 45.1. The lowest BCUT2D eigenvalue weighted by molar-refractivity contribution is 0.0648. The van der Waals surface area contributed by atoms with Gasteiger partial charge in [-0.25, -0.2) is 0 Å². The van der Waals surface area contributed by atoms with Crippen LogP contribution in [-0.2, 0) is 14.2 Å². The third-order valence-electron chi connectivity index (χ3n) is 10.9. The fraction of sp³-hybridized carbons (Fsp3) is 0.938. The molecule has 0 aromatic carbocycles. The summed E-state index contributed by atoms with van der Waals surface area (Å²) < 4.78 is 18.4.